The largest absolute Gasteiger partial charge is 0.494 e. The van der Waals surface area contributed by atoms with E-state index in [4.69, 9.17) is 10.5 Å². The van der Waals surface area contributed by atoms with E-state index in [2.05, 4.69) is 17.1 Å². The number of amides is 1. The van der Waals surface area contributed by atoms with Crippen molar-refractivity contribution in [1.82, 2.24) is 10.2 Å². The lowest BCUT2D eigenvalue weighted by atomic mass is 10.2. The van der Waals surface area contributed by atoms with Crippen LogP contribution in [0.5, 0.6) is 5.75 Å². The van der Waals surface area contributed by atoms with Gasteiger partial charge in [0, 0.05) is 20.1 Å². The number of likely N-dealkylation sites (N-methyl/N-ethyl adjacent to an activating group) is 1. The van der Waals surface area contributed by atoms with E-state index in [-0.39, 0.29) is 5.91 Å². The second-order valence-electron chi connectivity index (χ2n) is 5.00. The first kappa shape index (κ1) is 17.5. The molecule has 0 aliphatic carbocycles. The molecular weight excluding hydrogens is 266 g/mol. The Bertz CT molecular complexity index is 406. The van der Waals surface area contributed by atoms with Crippen molar-refractivity contribution < 1.29 is 9.53 Å². The van der Waals surface area contributed by atoms with Crippen LogP contribution in [0, 0.1) is 0 Å². The van der Waals surface area contributed by atoms with E-state index < -0.39 is 0 Å². The minimum atomic E-state index is 0.0572. The van der Waals surface area contributed by atoms with Crippen molar-refractivity contribution in [3.05, 3.63) is 29.8 Å². The Morgan fingerprint density at radius 3 is 2.57 bits per heavy atom. The van der Waals surface area contributed by atoms with Crippen molar-refractivity contribution in [1.29, 1.82) is 0 Å². The van der Waals surface area contributed by atoms with Crippen LogP contribution in [0.25, 0.3) is 0 Å². The number of nitrogens with one attached hydrogen (secondary N) is 1. The molecule has 21 heavy (non-hydrogen) atoms. The minimum absolute atomic E-state index is 0.0572. The zero-order valence-corrected chi connectivity index (χ0v) is 13.1. The number of carbonyl (C=O) groups is 1. The summed E-state index contributed by atoms with van der Waals surface area (Å²) in [7, 11) is 1.67. The smallest absolute Gasteiger partial charge is 0.233 e. The monoisotopic (exact) mass is 293 g/mol. The molecule has 0 fully saturated rings. The Labute approximate surface area is 127 Å². The molecule has 0 saturated carbocycles. The van der Waals surface area contributed by atoms with Gasteiger partial charge in [-0.3, -0.25) is 9.69 Å². The van der Waals surface area contributed by atoms with E-state index in [0.717, 1.165) is 37.2 Å². The van der Waals surface area contributed by atoms with Crippen LogP contribution in [0.1, 0.15) is 25.3 Å². The van der Waals surface area contributed by atoms with Gasteiger partial charge in [0.2, 0.25) is 5.91 Å². The van der Waals surface area contributed by atoms with Crippen LogP contribution in [0.2, 0.25) is 0 Å². The molecule has 0 unspecified atom stereocenters. The summed E-state index contributed by atoms with van der Waals surface area (Å²) in [5.41, 5.74) is 6.65. The van der Waals surface area contributed by atoms with Crippen molar-refractivity contribution in [2.24, 2.45) is 5.73 Å². The summed E-state index contributed by atoms with van der Waals surface area (Å²) in [6.45, 7) is 5.56. The van der Waals surface area contributed by atoms with Gasteiger partial charge in [-0.25, -0.2) is 0 Å². The van der Waals surface area contributed by atoms with Gasteiger partial charge in [0.15, 0.2) is 0 Å². The van der Waals surface area contributed by atoms with Crippen LogP contribution in [0.4, 0.5) is 0 Å². The molecule has 5 nitrogen and oxygen atoms in total. The number of ether oxygens (including phenoxy) is 1. The third kappa shape index (κ3) is 7.11. The summed E-state index contributed by atoms with van der Waals surface area (Å²) in [6, 6.07) is 7.83. The second kappa shape index (κ2) is 10.2. The Morgan fingerprint density at radius 1 is 1.29 bits per heavy atom. The predicted molar refractivity (Wildman–Crippen MR) is 85.2 cm³/mol. The molecule has 0 atom stereocenters. The molecule has 0 bridgehead atoms. The highest BCUT2D eigenvalue weighted by Gasteiger charge is 2.08. The van der Waals surface area contributed by atoms with Crippen molar-refractivity contribution >= 4 is 5.91 Å². The second-order valence-corrected chi connectivity index (χ2v) is 5.00. The predicted octanol–water partition coefficient (Wildman–Crippen LogP) is 1.37. The number of carbonyl (C=O) groups excluding carboxylic acids is 1. The van der Waals surface area contributed by atoms with Crippen molar-refractivity contribution in [2.45, 2.75) is 26.3 Å². The summed E-state index contributed by atoms with van der Waals surface area (Å²) in [4.78, 5) is 13.6. The van der Waals surface area contributed by atoms with Crippen LogP contribution in [-0.2, 0) is 11.3 Å². The van der Waals surface area contributed by atoms with E-state index in [1.54, 1.807) is 7.05 Å². The first-order chi connectivity index (χ1) is 10.2. The van der Waals surface area contributed by atoms with Gasteiger partial charge in [-0.1, -0.05) is 19.1 Å². The molecule has 1 aromatic carbocycles. The molecule has 0 spiro atoms. The van der Waals surface area contributed by atoms with Crippen LogP contribution in [-0.4, -0.2) is 44.1 Å². The summed E-state index contributed by atoms with van der Waals surface area (Å²) in [5, 5.41) is 2.66. The maximum absolute atomic E-state index is 11.4. The van der Waals surface area contributed by atoms with E-state index in [1.165, 1.54) is 0 Å². The number of rotatable bonds is 10. The van der Waals surface area contributed by atoms with Crippen LogP contribution < -0.4 is 15.8 Å². The lowest BCUT2D eigenvalue weighted by molar-refractivity contribution is -0.121. The standard InChI is InChI=1S/C16H27N3O2/c1-3-9-19(13-16(20)18-2)10-4-11-21-15-7-5-14(12-17)6-8-15/h5-8H,3-4,9-13,17H2,1-2H3,(H,18,20). The van der Waals surface area contributed by atoms with Gasteiger partial charge in [-0.2, -0.15) is 0 Å². The Morgan fingerprint density at radius 2 is 2.00 bits per heavy atom. The molecule has 0 saturated heterocycles. The average molecular weight is 293 g/mol. The molecule has 0 aromatic heterocycles. The number of nitrogens with two attached hydrogens (primary N) is 1. The Balaban J connectivity index is 2.27. The number of nitrogens with zero attached hydrogens (tertiary/aromatic N) is 1. The van der Waals surface area contributed by atoms with Gasteiger partial charge in [0.05, 0.1) is 13.2 Å². The van der Waals surface area contributed by atoms with Crippen molar-refractivity contribution in [3.8, 4) is 5.75 Å². The minimum Gasteiger partial charge on any atom is -0.494 e. The van der Waals surface area contributed by atoms with Gasteiger partial charge in [-0.15, -0.1) is 0 Å². The highest BCUT2D eigenvalue weighted by molar-refractivity contribution is 5.77. The molecule has 1 rings (SSSR count). The summed E-state index contributed by atoms with van der Waals surface area (Å²) < 4.78 is 5.70. The topological polar surface area (TPSA) is 67.6 Å². The summed E-state index contributed by atoms with van der Waals surface area (Å²) in [5.74, 6) is 0.919. The lowest BCUT2D eigenvalue weighted by Crippen LogP contribution is -2.37. The molecule has 0 aliphatic heterocycles. The van der Waals surface area contributed by atoms with Crippen LogP contribution in [0.3, 0.4) is 0 Å². The Kier molecular flexibility index (Phi) is 8.47. The van der Waals surface area contributed by atoms with Crippen molar-refractivity contribution in [2.75, 3.05) is 33.3 Å². The molecule has 3 N–H and O–H groups in total. The number of benzene rings is 1. The third-order valence-corrected chi connectivity index (χ3v) is 3.23. The van der Waals surface area contributed by atoms with Gasteiger partial charge >= 0.3 is 0 Å². The van der Waals surface area contributed by atoms with Crippen LogP contribution in [0.15, 0.2) is 24.3 Å². The molecule has 0 radical (unpaired) electrons. The van der Waals surface area contributed by atoms with E-state index in [9.17, 15) is 4.79 Å². The SMILES string of the molecule is CCCN(CCCOc1ccc(CN)cc1)CC(=O)NC. The molecule has 5 heteroatoms. The van der Waals surface area contributed by atoms with Gasteiger partial charge in [0.25, 0.3) is 0 Å². The zero-order chi connectivity index (χ0) is 15.5. The summed E-state index contributed by atoms with van der Waals surface area (Å²) in [6.07, 6.45) is 1.94. The molecular formula is C16H27N3O2. The zero-order valence-electron chi connectivity index (χ0n) is 13.1. The van der Waals surface area contributed by atoms with E-state index in [0.29, 0.717) is 19.7 Å². The Hall–Kier alpha value is -1.59. The van der Waals surface area contributed by atoms with Gasteiger partial charge in [0.1, 0.15) is 5.75 Å². The van der Waals surface area contributed by atoms with E-state index >= 15 is 0 Å². The molecule has 1 aromatic rings. The highest BCUT2D eigenvalue weighted by atomic mass is 16.5. The third-order valence-electron chi connectivity index (χ3n) is 3.23. The number of hydrogen-bond acceptors (Lipinski definition) is 4. The fraction of sp³-hybridized carbons (Fsp3) is 0.562. The first-order valence-corrected chi connectivity index (χ1v) is 7.54. The highest BCUT2D eigenvalue weighted by Crippen LogP contribution is 2.12. The maximum atomic E-state index is 11.4. The van der Waals surface area contributed by atoms with E-state index in [1.807, 2.05) is 24.3 Å². The molecule has 118 valence electrons. The quantitative estimate of drug-likeness (QED) is 0.639. The molecule has 1 amide bonds. The van der Waals surface area contributed by atoms with Gasteiger partial charge in [-0.05, 0) is 37.1 Å². The summed E-state index contributed by atoms with van der Waals surface area (Å²) >= 11 is 0. The van der Waals surface area contributed by atoms with Crippen LogP contribution >= 0.6 is 0 Å². The maximum Gasteiger partial charge on any atom is 0.233 e. The van der Waals surface area contributed by atoms with Gasteiger partial charge < -0.3 is 15.8 Å². The van der Waals surface area contributed by atoms with Crippen molar-refractivity contribution in [3.63, 3.8) is 0 Å². The lowest BCUT2D eigenvalue weighted by Gasteiger charge is -2.20. The average Bonchev–Trinajstić information content (AvgIpc) is 2.52. The molecule has 0 aliphatic rings. The first-order valence-electron chi connectivity index (χ1n) is 7.54. The number of hydrogen-bond donors (Lipinski definition) is 2. The fourth-order valence-corrected chi connectivity index (χ4v) is 2.07. The normalized spacial score (nSPS) is 10.7. The fourth-order valence-electron chi connectivity index (χ4n) is 2.07. The molecule has 0 heterocycles.